The van der Waals surface area contributed by atoms with Crippen LogP contribution >= 0.6 is 34.5 Å². The third-order valence-electron chi connectivity index (χ3n) is 2.88. The Labute approximate surface area is 124 Å². The monoisotopic (exact) mass is 311 g/mol. The quantitative estimate of drug-likeness (QED) is 0.667. The molecule has 1 unspecified atom stereocenters. The zero-order valence-corrected chi connectivity index (χ0v) is 12.5. The number of imidazole rings is 1. The summed E-state index contributed by atoms with van der Waals surface area (Å²) in [5.41, 5.74) is 1.68. The van der Waals surface area contributed by atoms with Crippen LogP contribution in [0.3, 0.4) is 0 Å². The normalized spacial score (nSPS) is 13.0. The van der Waals surface area contributed by atoms with Crippen molar-refractivity contribution in [2.75, 3.05) is 0 Å². The van der Waals surface area contributed by atoms with Crippen LogP contribution in [0, 0.1) is 0 Å². The van der Waals surface area contributed by atoms with Crippen molar-refractivity contribution in [1.82, 2.24) is 14.5 Å². The first-order valence-corrected chi connectivity index (χ1v) is 7.52. The van der Waals surface area contributed by atoms with Crippen LogP contribution in [-0.2, 0) is 6.54 Å². The molecular formula is C13H11Cl2N3S. The van der Waals surface area contributed by atoms with E-state index in [2.05, 4.69) is 26.0 Å². The van der Waals surface area contributed by atoms with Gasteiger partial charge in [0.2, 0.25) is 0 Å². The van der Waals surface area contributed by atoms with Gasteiger partial charge in [-0.15, -0.1) is 22.9 Å². The lowest BCUT2D eigenvalue weighted by atomic mass is 10.3. The van der Waals surface area contributed by atoms with Crippen molar-refractivity contribution in [3.63, 3.8) is 0 Å². The molecule has 0 aliphatic heterocycles. The van der Waals surface area contributed by atoms with E-state index >= 15 is 0 Å². The molecule has 6 heteroatoms. The van der Waals surface area contributed by atoms with Crippen LogP contribution in [0.25, 0.3) is 11.0 Å². The molecule has 0 fully saturated rings. The molecule has 3 heterocycles. The summed E-state index contributed by atoms with van der Waals surface area (Å²) in [6, 6.07) is 4.13. The Morgan fingerprint density at radius 1 is 1.42 bits per heavy atom. The maximum absolute atomic E-state index is 6.26. The molecule has 0 bridgehead atoms. The zero-order valence-electron chi connectivity index (χ0n) is 10.2. The minimum atomic E-state index is -0.177. The lowest BCUT2D eigenvalue weighted by Gasteiger charge is -2.09. The van der Waals surface area contributed by atoms with Gasteiger partial charge in [-0.25, -0.2) is 4.98 Å². The van der Waals surface area contributed by atoms with Gasteiger partial charge in [-0.2, -0.15) is 0 Å². The predicted octanol–water partition coefficient (Wildman–Crippen LogP) is 4.49. The molecular weight excluding hydrogens is 301 g/mol. The Balaban J connectivity index is 2.21. The highest BCUT2D eigenvalue weighted by Gasteiger charge is 2.17. The Kier molecular flexibility index (Phi) is 3.48. The van der Waals surface area contributed by atoms with E-state index in [0.29, 0.717) is 5.02 Å². The molecule has 0 amide bonds. The van der Waals surface area contributed by atoms with Gasteiger partial charge in [0.05, 0.1) is 28.7 Å². The van der Waals surface area contributed by atoms with E-state index in [1.54, 1.807) is 23.7 Å². The molecule has 0 aliphatic carbocycles. The molecule has 0 aromatic carbocycles. The van der Waals surface area contributed by atoms with Gasteiger partial charge in [-0.1, -0.05) is 17.7 Å². The summed E-state index contributed by atoms with van der Waals surface area (Å²) in [4.78, 5) is 9.86. The number of fused-ring (bicyclic) bond motifs is 1. The summed E-state index contributed by atoms with van der Waals surface area (Å²) >= 11 is 14.2. The molecule has 3 nitrogen and oxygen atoms in total. The van der Waals surface area contributed by atoms with E-state index in [4.69, 9.17) is 23.2 Å². The van der Waals surface area contributed by atoms with Crippen molar-refractivity contribution >= 4 is 45.6 Å². The lowest BCUT2D eigenvalue weighted by molar-refractivity contribution is 0.750. The first kappa shape index (κ1) is 12.9. The summed E-state index contributed by atoms with van der Waals surface area (Å²) in [5, 5.41) is 2.48. The first-order chi connectivity index (χ1) is 9.16. The number of nitrogens with zero attached hydrogens (tertiary/aromatic N) is 3. The predicted molar refractivity (Wildman–Crippen MR) is 80.2 cm³/mol. The summed E-state index contributed by atoms with van der Waals surface area (Å²) in [6.45, 7) is 2.64. The van der Waals surface area contributed by atoms with Gasteiger partial charge < -0.3 is 4.57 Å². The Bertz CT molecular complexity index is 704. The fourth-order valence-corrected chi connectivity index (χ4v) is 3.20. The zero-order chi connectivity index (χ0) is 13.4. The fourth-order valence-electron chi connectivity index (χ4n) is 2.09. The molecule has 3 aromatic heterocycles. The van der Waals surface area contributed by atoms with Crippen molar-refractivity contribution in [2.24, 2.45) is 0 Å². The van der Waals surface area contributed by atoms with Crippen molar-refractivity contribution in [3.8, 4) is 0 Å². The Morgan fingerprint density at radius 3 is 2.95 bits per heavy atom. The second-order valence-corrected chi connectivity index (χ2v) is 6.33. The highest BCUT2D eigenvalue weighted by atomic mass is 35.5. The van der Waals surface area contributed by atoms with Gasteiger partial charge in [0.1, 0.15) is 11.3 Å². The van der Waals surface area contributed by atoms with E-state index in [0.717, 1.165) is 23.4 Å². The van der Waals surface area contributed by atoms with E-state index in [1.807, 2.05) is 13.0 Å². The second kappa shape index (κ2) is 5.12. The minimum absolute atomic E-state index is 0.177. The number of hydrogen-bond acceptors (Lipinski definition) is 3. The molecule has 0 radical (unpaired) electrons. The van der Waals surface area contributed by atoms with Crippen LogP contribution in [0.4, 0.5) is 0 Å². The van der Waals surface area contributed by atoms with Gasteiger partial charge in [0.25, 0.3) is 0 Å². The number of halogens is 2. The summed E-state index contributed by atoms with van der Waals surface area (Å²) < 4.78 is 2.07. The van der Waals surface area contributed by atoms with Crippen molar-refractivity contribution in [1.29, 1.82) is 0 Å². The number of rotatable bonds is 3. The van der Waals surface area contributed by atoms with Crippen LogP contribution in [0.1, 0.15) is 23.0 Å². The standard InChI is InChI=1S/C13H11Cl2N3S/c1-8(14)13-17-11-6-16-5-10(15)12(11)18(13)7-9-3-2-4-19-9/h2-6,8H,7H2,1H3. The molecule has 0 aliphatic rings. The largest absolute Gasteiger partial charge is 0.320 e. The molecule has 0 saturated heterocycles. The van der Waals surface area contributed by atoms with Crippen LogP contribution < -0.4 is 0 Å². The van der Waals surface area contributed by atoms with Crippen LogP contribution in [-0.4, -0.2) is 14.5 Å². The van der Waals surface area contributed by atoms with Crippen molar-refractivity contribution < 1.29 is 0 Å². The van der Waals surface area contributed by atoms with E-state index in [9.17, 15) is 0 Å². The Morgan fingerprint density at radius 2 is 2.26 bits per heavy atom. The highest BCUT2D eigenvalue weighted by molar-refractivity contribution is 7.09. The highest BCUT2D eigenvalue weighted by Crippen LogP contribution is 2.29. The first-order valence-electron chi connectivity index (χ1n) is 5.83. The molecule has 0 spiro atoms. The summed E-state index contributed by atoms with van der Waals surface area (Å²) in [6.07, 6.45) is 3.36. The van der Waals surface area contributed by atoms with Gasteiger partial charge >= 0.3 is 0 Å². The number of alkyl halides is 1. The van der Waals surface area contributed by atoms with Gasteiger partial charge in [-0.05, 0) is 18.4 Å². The fraction of sp³-hybridized carbons (Fsp3) is 0.231. The summed E-state index contributed by atoms with van der Waals surface area (Å²) in [5.74, 6) is 0.819. The SMILES string of the molecule is CC(Cl)c1nc2cncc(Cl)c2n1Cc1cccs1. The number of thiophene rings is 1. The van der Waals surface area contributed by atoms with Crippen LogP contribution in [0.15, 0.2) is 29.9 Å². The van der Waals surface area contributed by atoms with E-state index in [-0.39, 0.29) is 5.38 Å². The number of hydrogen-bond donors (Lipinski definition) is 0. The molecule has 98 valence electrons. The average Bonchev–Trinajstić information content (AvgIpc) is 2.98. The molecule has 3 rings (SSSR count). The second-order valence-electron chi connectivity index (χ2n) is 4.24. The van der Waals surface area contributed by atoms with E-state index in [1.165, 1.54) is 4.88 Å². The van der Waals surface area contributed by atoms with Crippen LogP contribution in [0.2, 0.25) is 5.02 Å². The number of aromatic nitrogens is 3. The van der Waals surface area contributed by atoms with Crippen molar-refractivity contribution in [2.45, 2.75) is 18.8 Å². The van der Waals surface area contributed by atoms with Gasteiger partial charge in [0.15, 0.2) is 0 Å². The minimum Gasteiger partial charge on any atom is -0.320 e. The molecule has 19 heavy (non-hydrogen) atoms. The molecule has 0 saturated carbocycles. The molecule has 0 N–H and O–H groups in total. The van der Waals surface area contributed by atoms with Gasteiger partial charge in [0, 0.05) is 11.1 Å². The summed E-state index contributed by atoms with van der Waals surface area (Å²) in [7, 11) is 0. The third kappa shape index (κ3) is 2.36. The Hall–Kier alpha value is -1.10. The lowest BCUT2D eigenvalue weighted by Crippen LogP contribution is -2.05. The maximum atomic E-state index is 6.26. The smallest absolute Gasteiger partial charge is 0.128 e. The number of pyridine rings is 1. The topological polar surface area (TPSA) is 30.7 Å². The van der Waals surface area contributed by atoms with E-state index < -0.39 is 0 Å². The van der Waals surface area contributed by atoms with Gasteiger partial charge in [-0.3, -0.25) is 4.98 Å². The van der Waals surface area contributed by atoms with Crippen LogP contribution in [0.5, 0.6) is 0 Å². The maximum Gasteiger partial charge on any atom is 0.128 e. The average molecular weight is 312 g/mol. The molecule has 1 atom stereocenters. The molecule has 3 aromatic rings. The van der Waals surface area contributed by atoms with Crippen molar-refractivity contribution in [3.05, 3.63) is 45.6 Å². The third-order valence-corrected chi connectivity index (χ3v) is 4.22.